The first-order valence-corrected chi connectivity index (χ1v) is 5.35. The summed E-state index contributed by atoms with van der Waals surface area (Å²) >= 11 is 0. The van der Waals surface area contributed by atoms with Gasteiger partial charge in [-0.1, -0.05) is 56.7 Å². The molecular weight excluding hydrogens is 182 g/mol. The smallest absolute Gasteiger partial charge is 0.0701 e. The molecule has 0 aliphatic heterocycles. The zero-order valence-electron chi connectivity index (χ0n) is 9.35. The van der Waals surface area contributed by atoms with Crippen LogP contribution in [0.2, 0.25) is 0 Å². The normalized spacial score (nSPS) is 8.93. The first-order valence-electron chi connectivity index (χ1n) is 5.35. The second kappa shape index (κ2) is 6.77. The second-order valence-electron chi connectivity index (χ2n) is 3.29. The van der Waals surface area contributed by atoms with Crippen molar-refractivity contribution in [2.45, 2.75) is 20.3 Å². The molecule has 0 saturated carbocycles. The van der Waals surface area contributed by atoms with Gasteiger partial charge in [-0.2, -0.15) is 0 Å². The van der Waals surface area contributed by atoms with Gasteiger partial charge in [0.2, 0.25) is 0 Å². The molecule has 0 amide bonds. The number of pyridine rings is 1. The molecular formula is C14H17N. The van der Waals surface area contributed by atoms with Crippen LogP contribution in [0.15, 0.2) is 54.7 Å². The number of aromatic nitrogens is 1. The van der Waals surface area contributed by atoms with Crippen LogP contribution in [0.5, 0.6) is 0 Å². The Labute approximate surface area is 91.8 Å². The van der Waals surface area contributed by atoms with Gasteiger partial charge in [0.1, 0.15) is 0 Å². The molecule has 1 nitrogen and oxygen atoms in total. The summed E-state index contributed by atoms with van der Waals surface area (Å²) in [7, 11) is 0. The molecule has 0 fully saturated rings. The average Bonchev–Trinajstić information content (AvgIpc) is 2.32. The Hall–Kier alpha value is -1.63. The van der Waals surface area contributed by atoms with Crippen LogP contribution in [-0.4, -0.2) is 4.98 Å². The zero-order chi connectivity index (χ0) is 10.9. The Kier molecular flexibility index (Phi) is 5.16. The number of hydrogen-bond acceptors (Lipinski definition) is 1. The molecule has 1 aromatic carbocycles. The Balaban J connectivity index is 0.000000337. The summed E-state index contributed by atoms with van der Waals surface area (Å²) in [5.74, 6) is 0. The van der Waals surface area contributed by atoms with Crippen molar-refractivity contribution in [1.29, 1.82) is 0 Å². The van der Waals surface area contributed by atoms with Crippen molar-refractivity contribution in [3.05, 3.63) is 54.7 Å². The van der Waals surface area contributed by atoms with Gasteiger partial charge in [0.15, 0.2) is 0 Å². The zero-order valence-corrected chi connectivity index (χ0v) is 9.35. The van der Waals surface area contributed by atoms with Gasteiger partial charge in [-0.3, -0.25) is 4.98 Å². The van der Waals surface area contributed by atoms with Crippen molar-refractivity contribution in [2.75, 3.05) is 0 Å². The third-order valence-electron chi connectivity index (χ3n) is 1.73. The van der Waals surface area contributed by atoms with Crippen LogP contribution < -0.4 is 0 Å². The minimum atomic E-state index is 1.03. The maximum atomic E-state index is 4.25. The van der Waals surface area contributed by atoms with Crippen molar-refractivity contribution >= 4 is 0 Å². The van der Waals surface area contributed by atoms with Gasteiger partial charge in [-0.05, 0) is 12.1 Å². The Bertz CT molecular complexity index is 316. The van der Waals surface area contributed by atoms with Crippen molar-refractivity contribution in [3.8, 4) is 11.3 Å². The van der Waals surface area contributed by atoms with Gasteiger partial charge < -0.3 is 0 Å². The molecule has 2 rings (SSSR count). The van der Waals surface area contributed by atoms with Gasteiger partial charge in [0.25, 0.3) is 0 Å². The third-order valence-corrected chi connectivity index (χ3v) is 1.73. The summed E-state index contributed by atoms with van der Waals surface area (Å²) < 4.78 is 0. The van der Waals surface area contributed by atoms with Crippen molar-refractivity contribution in [2.24, 2.45) is 0 Å². The van der Waals surface area contributed by atoms with E-state index in [-0.39, 0.29) is 0 Å². The van der Waals surface area contributed by atoms with Crippen LogP contribution in [0, 0.1) is 0 Å². The highest BCUT2D eigenvalue weighted by Gasteiger charge is 1.93. The fourth-order valence-corrected chi connectivity index (χ4v) is 1.14. The molecule has 1 heterocycles. The highest BCUT2D eigenvalue weighted by Crippen LogP contribution is 2.14. The Morgan fingerprint density at radius 3 is 2.00 bits per heavy atom. The van der Waals surface area contributed by atoms with Crippen molar-refractivity contribution in [3.63, 3.8) is 0 Å². The van der Waals surface area contributed by atoms with E-state index in [4.69, 9.17) is 0 Å². The largest absolute Gasteiger partial charge is 0.256 e. The molecule has 1 heteroatoms. The van der Waals surface area contributed by atoms with Gasteiger partial charge >= 0.3 is 0 Å². The Morgan fingerprint density at radius 1 is 0.867 bits per heavy atom. The lowest BCUT2D eigenvalue weighted by Crippen LogP contribution is -1.79. The SMILES string of the molecule is CCC.c1ccc(-c2ccccn2)cc1. The van der Waals surface area contributed by atoms with E-state index in [0.29, 0.717) is 0 Å². The van der Waals surface area contributed by atoms with Crippen LogP contribution in [0.3, 0.4) is 0 Å². The first kappa shape index (κ1) is 11.4. The average molecular weight is 199 g/mol. The monoisotopic (exact) mass is 199 g/mol. The topological polar surface area (TPSA) is 12.9 Å². The highest BCUT2D eigenvalue weighted by molar-refractivity contribution is 5.58. The van der Waals surface area contributed by atoms with E-state index in [2.05, 4.69) is 31.0 Å². The minimum Gasteiger partial charge on any atom is -0.256 e. The van der Waals surface area contributed by atoms with E-state index >= 15 is 0 Å². The molecule has 0 N–H and O–H groups in total. The Morgan fingerprint density at radius 2 is 1.47 bits per heavy atom. The van der Waals surface area contributed by atoms with E-state index < -0.39 is 0 Å². The van der Waals surface area contributed by atoms with Gasteiger partial charge in [0, 0.05) is 11.8 Å². The molecule has 0 aliphatic rings. The van der Waals surface area contributed by atoms with E-state index in [1.165, 1.54) is 6.42 Å². The molecule has 15 heavy (non-hydrogen) atoms. The number of hydrogen-bond donors (Lipinski definition) is 0. The lowest BCUT2D eigenvalue weighted by Gasteiger charge is -1.97. The van der Waals surface area contributed by atoms with E-state index in [1.807, 2.05) is 42.6 Å². The maximum Gasteiger partial charge on any atom is 0.0701 e. The number of nitrogens with zero attached hydrogens (tertiary/aromatic N) is 1. The molecule has 0 saturated heterocycles. The third kappa shape index (κ3) is 3.94. The van der Waals surface area contributed by atoms with Gasteiger partial charge in [-0.25, -0.2) is 0 Å². The molecule has 0 unspecified atom stereocenters. The fraction of sp³-hybridized carbons (Fsp3) is 0.214. The fourth-order valence-electron chi connectivity index (χ4n) is 1.14. The standard InChI is InChI=1S/C11H9N.C3H8/c1-2-6-10(7-3-1)11-8-4-5-9-12-11;1-3-2/h1-9H;3H2,1-2H3. The first-order chi connectivity index (χ1) is 7.38. The van der Waals surface area contributed by atoms with Crippen LogP contribution in [0.4, 0.5) is 0 Å². The predicted octanol–water partition coefficient (Wildman–Crippen LogP) is 4.16. The lowest BCUT2D eigenvalue weighted by atomic mass is 10.1. The van der Waals surface area contributed by atoms with Crippen molar-refractivity contribution in [1.82, 2.24) is 4.98 Å². The maximum absolute atomic E-state index is 4.25. The quantitative estimate of drug-likeness (QED) is 0.672. The molecule has 0 bridgehead atoms. The van der Waals surface area contributed by atoms with Crippen LogP contribution in [-0.2, 0) is 0 Å². The summed E-state index contributed by atoms with van der Waals surface area (Å²) in [6.45, 7) is 4.25. The molecule has 0 spiro atoms. The van der Waals surface area contributed by atoms with Gasteiger partial charge in [-0.15, -0.1) is 0 Å². The predicted molar refractivity (Wildman–Crippen MR) is 65.6 cm³/mol. The highest BCUT2D eigenvalue weighted by atomic mass is 14.7. The van der Waals surface area contributed by atoms with E-state index in [1.54, 1.807) is 0 Å². The lowest BCUT2D eigenvalue weighted by molar-refractivity contribution is 1.09. The molecule has 0 atom stereocenters. The molecule has 78 valence electrons. The van der Waals surface area contributed by atoms with E-state index in [9.17, 15) is 0 Å². The number of benzene rings is 1. The molecule has 0 radical (unpaired) electrons. The summed E-state index contributed by atoms with van der Waals surface area (Å²) in [5, 5.41) is 0. The summed E-state index contributed by atoms with van der Waals surface area (Å²) in [6, 6.07) is 16.1. The minimum absolute atomic E-state index is 1.03. The molecule has 0 aliphatic carbocycles. The summed E-state index contributed by atoms with van der Waals surface area (Å²) in [4.78, 5) is 4.25. The summed E-state index contributed by atoms with van der Waals surface area (Å²) in [6.07, 6.45) is 3.06. The van der Waals surface area contributed by atoms with E-state index in [0.717, 1.165) is 11.3 Å². The number of rotatable bonds is 1. The van der Waals surface area contributed by atoms with Crippen LogP contribution >= 0.6 is 0 Å². The molecule has 1 aromatic heterocycles. The summed E-state index contributed by atoms with van der Waals surface area (Å²) in [5.41, 5.74) is 2.19. The van der Waals surface area contributed by atoms with Crippen molar-refractivity contribution < 1.29 is 0 Å². The van der Waals surface area contributed by atoms with Gasteiger partial charge in [0.05, 0.1) is 5.69 Å². The van der Waals surface area contributed by atoms with Crippen LogP contribution in [0.25, 0.3) is 11.3 Å². The van der Waals surface area contributed by atoms with Crippen LogP contribution in [0.1, 0.15) is 20.3 Å². The second-order valence-corrected chi connectivity index (χ2v) is 3.29. The molecule has 2 aromatic rings.